The second kappa shape index (κ2) is 32.2. The van der Waals surface area contributed by atoms with E-state index in [2.05, 4.69) is 163 Å². The zero-order valence-corrected chi connectivity index (χ0v) is 48.8. The van der Waals surface area contributed by atoms with Gasteiger partial charge in [0.25, 0.3) is 0 Å². The van der Waals surface area contributed by atoms with E-state index in [9.17, 15) is 18.4 Å². The summed E-state index contributed by atoms with van der Waals surface area (Å²) in [6.07, 6.45) is 0. The third-order valence-corrected chi connectivity index (χ3v) is 12.5. The molecule has 0 fully saturated rings. The van der Waals surface area contributed by atoms with E-state index in [0.717, 1.165) is 11.1 Å². The quantitative estimate of drug-likeness (QED) is 0.104. The molecule has 0 atom stereocenters. The molecule has 0 aliphatic rings. The minimum atomic E-state index is -0.232. The van der Waals surface area contributed by atoms with Gasteiger partial charge in [-0.15, -0.1) is 0 Å². The van der Waals surface area contributed by atoms with Gasteiger partial charge < -0.3 is 9.47 Å². The van der Waals surface area contributed by atoms with Gasteiger partial charge in [-0.25, -0.2) is 18.4 Å². The first-order valence-electron chi connectivity index (χ1n) is 26.9. The van der Waals surface area contributed by atoms with E-state index < -0.39 is 0 Å². The predicted molar refractivity (Wildman–Crippen MR) is 305 cm³/mol. The molecule has 72 heavy (non-hydrogen) atoms. The summed E-state index contributed by atoms with van der Waals surface area (Å²) >= 11 is 0. The summed E-state index contributed by atoms with van der Waals surface area (Å²) in [4.78, 5) is 23.4. The van der Waals surface area contributed by atoms with Crippen molar-refractivity contribution < 1.29 is 27.8 Å². The molecular formula is C66H96F2O4. The zero-order chi connectivity index (χ0) is 55.2. The van der Waals surface area contributed by atoms with Crippen LogP contribution in [0.25, 0.3) is 0 Å². The van der Waals surface area contributed by atoms with Crippen LogP contribution in [-0.4, -0.2) is 25.2 Å². The van der Waals surface area contributed by atoms with Crippen LogP contribution in [0.2, 0.25) is 0 Å². The maximum Gasteiger partial charge on any atom is 0.338 e. The Balaban J connectivity index is 0.000000453. The zero-order valence-electron chi connectivity index (χ0n) is 48.8. The summed E-state index contributed by atoms with van der Waals surface area (Å²) in [7, 11) is 0. The molecule has 0 unspecified atom stereocenters. The summed E-state index contributed by atoms with van der Waals surface area (Å²) in [5, 5.41) is 0. The average molecular weight is 991 g/mol. The molecule has 0 aliphatic carbocycles. The van der Waals surface area contributed by atoms with E-state index >= 15 is 0 Å². The lowest BCUT2D eigenvalue weighted by Gasteiger charge is -2.16. The number of rotatable bonds is 14. The molecule has 6 heteroatoms. The molecule has 0 N–H and O–H groups in total. The maximum atomic E-state index is 13.0. The number of hydrogen-bond acceptors (Lipinski definition) is 4. The Labute approximate surface area is 438 Å². The molecule has 0 aliphatic heterocycles. The van der Waals surface area contributed by atoms with Gasteiger partial charge in [-0.2, -0.15) is 0 Å². The Kier molecular flexibility index (Phi) is 29.0. The third-order valence-electron chi connectivity index (χ3n) is 12.5. The van der Waals surface area contributed by atoms with E-state index in [1.54, 1.807) is 24.3 Å². The van der Waals surface area contributed by atoms with Crippen molar-refractivity contribution in [2.45, 2.75) is 212 Å². The van der Waals surface area contributed by atoms with Gasteiger partial charge in [0.2, 0.25) is 0 Å². The topological polar surface area (TPSA) is 52.6 Å². The molecule has 0 saturated carbocycles. The van der Waals surface area contributed by atoms with Crippen molar-refractivity contribution in [2.24, 2.45) is 0 Å². The smallest absolute Gasteiger partial charge is 0.338 e. The number of halogens is 2. The lowest BCUT2D eigenvalue weighted by molar-refractivity contribution is 0.0516. The average Bonchev–Trinajstić information content (AvgIpc) is 3.31. The first-order chi connectivity index (χ1) is 33.6. The van der Waals surface area contributed by atoms with E-state index in [1.165, 1.54) is 44.5 Å². The molecule has 5 aromatic rings. The summed E-state index contributed by atoms with van der Waals surface area (Å²) in [5.41, 5.74) is 14.2. The Morgan fingerprint density at radius 1 is 0.319 bits per heavy atom. The van der Waals surface area contributed by atoms with Crippen molar-refractivity contribution in [3.63, 3.8) is 0 Å². The van der Waals surface area contributed by atoms with Gasteiger partial charge in [0, 0.05) is 0 Å². The number of ether oxygens (including phenoxy) is 2. The molecule has 398 valence electrons. The molecule has 5 aromatic carbocycles. The predicted octanol–water partition coefficient (Wildman–Crippen LogP) is 20.3. The Bertz CT molecular complexity index is 2220. The fourth-order valence-electron chi connectivity index (χ4n) is 8.59. The van der Waals surface area contributed by atoms with E-state index in [4.69, 9.17) is 9.47 Å². The number of esters is 2. The lowest BCUT2D eigenvalue weighted by atomic mass is 9.89. The molecular weight excluding hydrogens is 895 g/mol. The van der Waals surface area contributed by atoms with Crippen molar-refractivity contribution in [3.05, 3.63) is 175 Å². The summed E-state index contributed by atoms with van der Waals surface area (Å²) < 4.78 is 36.0. The van der Waals surface area contributed by atoms with Gasteiger partial charge in [0.15, 0.2) is 0 Å². The van der Waals surface area contributed by atoms with Gasteiger partial charge in [0.1, 0.15) is 11.6 Å². The van der Waals surface area contributed by atoms with Crippen LogP contribution in [0.15, 0.2) is 97.1 Å². The highest BCUT2D eigenvalue weighted by Crippen LogP contribution is 2.31. The monoisotopic (exact) mass is 991 g/mol. The minimum Gasteiger partial charge on any atom is -0.462 e. The number of hydrogen-bond donors (Lipinski definition) is 0. The van der Waals surface area contributed by atoms with Crippen LogP contribution in [0.4, 0.5) is 8.78 Å². The first-order valence-corrected chi connectivity index (χ1v) is 26.9. The third kappa shape index (κ3) is 21.2. The molecule has 4 nitrogen and oxygen atoms in total. The number of carbonyl (C=O) groups is 2. The first kappa shape index (κ1) is 64.9. The molecule has 5 rings (SSSR count). The van der Waals surface area contributed by atoms with E-state index in [-0.39, 0.29) is 23.6 Å². The summed E-state index contributed by atoms with van der Waals surface area (Å²) in [5.74, 6) is 4.08. The number of carbonyl (C=O) groups excluding carboxylic acids is 2. The summed E-state index contributed by atoms with van der Waals surface area (Å²) in [6.45, 7) is 47.7. The van der Waals surface area contributed by atoms with E-state index in [1.807, 2.05) is 62.4 Å². The van der Waals surface area contributed by atoms with Gasteiger partial charge in [0.05, 0.1) is 24.3 Å². The highest BCUT2D eigenvalue weighted by molar-refractivity contribution is 5.90. The highest BCUT2D eigenvalue weighted by Gasteiger charge is 2.17. The molecule has 0 saturated heterocycles. The van der Waals surface area contributed by atoms with Gasteiger partial charge in [-0.05, 0) is 177 Å². The van der Waals surface area contributed by atoms with Gasteiger partial charge in [-0.3, -0.25) is 0 Å². The van der Waals surface area contributed by atoms with Gasteiger partial charge >= 0.3 is 11.9 Å². The van der Waals surface area contributed by atoms with Crippen molar-refractivity contribution in [2.75, 3.05) is 13.2 Å². The normalized spacial score (nSPS) is 11.1. The molecule has 0 amide bonds. The second-order valence-corrected chi connectivity index (χ2v) is 21.9. The fraction of sp³-hybridized carbons (Fsp3) is 0.515. The van der Waals surface area contributed by atoms with Crippen LogP contribution in [0, 0.1) is 11.6 Å². The van der Waals surface area contributed by atoms with Crippen LogP contribution < -0.4 is 0 Å². The molecule has 0 heterocycles. The molecule has 0 radical (unpaired) electrons. The van der Waals surface area contributed by atoms with Crippen LogP contribution in [0.5, 0.6) is 0 Å². The van der Waals surface area contributed by atoms with Gasteiger partial charge in [-0.1, -0.05) is 187 Å². The van der Waals surface area contributed by atoms with Crippen molar-refractivity contribution in [1.29, 1.82) is 0 Å². The number of benzene rings is 5. The molecule has 0 aromatic heterocycles. The highest BCUT2D eigenvalue weighted by atomic mass is 19.1. The molecule has 0 spiro atoms. The van der Waals surface area contributed by atoms with Crippen LogP contribution in [-0.2, 0) is 9.47 Å². The fourth-order valence-corrected chi connectivity index (χ4v) is 8.59. The maximum absolute atomic E-state index is 13.0. The van der Waals surface area contributed by atoms with Crippen molar-refractivity contribution in [1.82, 2.24) is 0 Å². The largest absolute Gasteiger partial charge is 0.462 e. The van der Waals surface area contributed by atoms with Crippen molar-refractivity contribution in [3.8, 4) is 0 Å². The van der Waals surface area contributed by atoms with Crippen LogP contribution >= 0.6 is 0 Å². The second-order valence-electron chi connectivity index (χ2n) is 21.9. The van der Waals surface area contributed by atoms with E-state index in [0.29, 0.717) is 83.5 Å². The van der Waals surface area contributed by atoms with Crippen LogP contribution in [0.1, 0.15) is 288 Å². The van der Waals surface area contributed by atoms with Crippen LogP contribution in [0.3, 0.4) is 0 Å². The standard InChI is InChI=1S/2C15H22O2.2C12H17F.C12H18/c2*1-6-17-15(16)12-7-8-13(10(2)3)14(9-12)11(4)5;2*1-8(2)11-6-5-10(13)7-12(11)9(3)4;1-9(2)11-7-5-6-8-12(11)10(3)4/h2*7-11H,6H2,1-5H3;2*5-9H,1-4H3;5-10H,1-4H3. The SMILES string of the molecule is CC(C)c1ccc(F)cc1C(C)C.CC(C)c1ccc(F)cc1C(C)C.CC(C)c1ccccc1C(C)C.CCOC(=O)c1ccc(C(C)C)c(C(C)C)c1.CCOC(=O)c1ccc(C(C)C)c(C(C)C)c1. The Morgan fingerprint density at radius 3 is 0.750 bits per heavy atom. The lowest BCUT2D eigenvalue weighted by Crippen LogP contribution is -2.07. The summed E-state index contributed by atoms with van der Waals surface area (Å²) in [6, 6.07) is 30.7. The minimum absolute atomic E-state index is 0.131. The van der Waals surface area contributed by atoms with Crippen molar-refractivity contribution >= 4 is 11.9 Å². The Hall–Kier alpha value is -5.10. The Morgan fingerprint density at radius 2 is 0.528 bits per heavy atom. The molecule has 0 bridgehead atoms.